The highest BCUT2D eigenvalue weighted by molar-refractivity contribution is 7.99. The maximum absolute atomic E-state index is 12.8. The van der Waals surface area contributed by atoms with Gasteiger partial charge in [0.15, 0.2) is 5.16 Å². The first-order valence-corrected chi connectivity index (χ1v) is 12.6. The summed E-state index contributed by atoms with van der Waals surface area (Å²) in [7, 11) is 1.82. The van der Waals surface area contributed by atoms with E-state index in [0.29, 0.717) is 27.4 Å². The summed E-state index contributed by atoms with van der Waals surface area (Å²) in [5.74, 6) is 3.16. The van der Waals surface area contributed by atoms with Crippen LogP contribution in [0, 0.1) is 17.8 Å². The van der Waals surface area contributed by atoms with Gasteiger partial charge in [-0.15, -0.1) is 10.2 Å². The average Bonchev–Trinajstić information content (AvgIpc) is 3.06. The van der Waals surface area contributed by atoms with Crippen LogP contribution in [0.15, 0.2) is 29.4 Å². The topological polar surface area (TPSA) is 88.9 Å². The van der Waals surface area contributed by atoms with E-state index in [0.717, 1.165) is 37.0 Å². The minimum atomic E-state index is -0.182. The summed E-state index contributed by atoms with van der Waals surface area (Å²) >= 11 is 7.24. The van der Waals surface area contributed by atoms with Gasteiger partial charge in [0.25, 0.3) is 0 Å². The quantitative estimate of drug-likeness (QED) is 0.596. The summed E-state index contributed by atoms with van der Waals surface area (Å²) in [6, 6.07) is 6.95. The van der Waals surface area contributed by atoms with Crippen LogP contribution in [-0.4, -0.2) is 37.9 Å². The van der Waals surface area contributed by atoms with Crippen molar-refractivity contribution in [3.63, 3.8) is 0 Å². The standard InChI is InChI=1S/C23H28ClN5O2S/c1-29-19(9-20(30)25-18-4-2-17(24)3-5-18)27-28-22(29)32-13-21(31)26-23-10-14-6-15(11-23)8-16(7-14)12-23/h2-5,14-16H,6-13H2,1H3,(H,25,30)(H,26,31). The lowest BCUT2D eigenvalue weighted by Gasteiger charge is -2.56. The van der Waals surface area contributed by atoms with Crippen LogP contribution in [0.4, 0.5) is 5.69 Å². The summed E-state index contributed by atoms with van der Waals surface area (Å²) in [5.41, 5.74) is 0.703. The van der Waals surface area contributed by atoms with Crippen LogP contribution in [0.5, 0.6) is 0 Å². The van der Waals surface area contributed by atoms with E-state index >= 15 is 0 Å². The van der Waals surface area contributed by atoms with Crippen molar-refractivity contribution in [2.45, 2.75) is 55.6 Å². The molecule has 170 valence electrons. The van der Waals surface area contributed by atoms with Gasteiger partial charge in [-0.3, -0.25) is 9.59 Å². The van der Waals surface area contributed by atoms with Crippen molar-refractivity contribution < 1.29 is 9.59 Å². The molecule has 32 heavy (non-hydrogen) atoms. The van der Waals surface area contributed by atoms with E-state index in [1.807, 2.05) is 7.05 Å². The molecule has 0 radical (unpaired) electrons. The van der Waals surface area contributed by atoms with Crippen LogP contribution in [0.25, 0.3) is 0 Å². The van der Waals surface area contributed by atoms with E-state index in [9.17, 15) is 9.59 Å². The monoisotopic (exact) mass is 473 g/mol. The Labute approximate surface area is 197 Å². The Hall–Kier alpha value is -2.06. The third kappa shape index (κ3) is 4.66. The minimum absolute atomic E-state index is 0.0250. The largest absolute Gasteiger partial charge is 0.350 e. The predicted molar refractivity (Wildman–Crippen MR) is 125 cm³/mol. The number of nitrogens with zero attached hydrogens (tertiary/aromatic N) is 3. The van der Waals surface area contributed by atoms with E-state index in [-0.39, 0.29) is 23.8 Å². The molecule has 2 N–H and O–H groups in total. The molecule has 0 unspecified atom stereocenters. The van der Waals surface area contributed by atoms with Crippen LogP contribution < -0.4 is 10.6 Å². The summed E-state index contributed by atoms with van der Waals surface area (Å²) in [6.07, 6.45) is 7.61. The van der Waals surface area contributed by atoms with E-state index in [1.54, 1.807) is 28.8 Å². The zero-order valence-electron chi connectivity index (χ0n) is 18.1. The second-order valence-corrected chi connectivity index (χ2v) is 11.1. The van der Waals surface area contributed by atoms with Gasteiger partial charge in [-0.25, -0.2) is 0 Å². The fraction of sp³-hybridized carbons (Fsp3) is 0.565. The number of anilines is 1. The lowest BCUT2D eigenvalue weighted by Crippen LogP contribution is -2.60. The van der Waals surface area contributed by atoms with Gasteiger partial charge in [0.2, 0.25) is 11.8 Å². The number of halogens is 1. The minimum Gasteiger partial charge on any atom is -0.350 e. The molecule has 4 bridgehead atoms. The third-order valence-electron chi connectivity index (χ3n) is 7.15. The van der Waals surface area contributed by atoms with Crippen LogP contribution in [0.2, 0.25) is 5.02 Å². The maximum atomic E-state index is 12.8. The fourth-order valence-corrected chi connectivity index (χ4v) is 7.09. The molecule has 4 fully saturated rings. The van der Waals surface area contributed by atoms with Crippen molar-refractivity contribution in [1.29, 1.82) is 0 Å². The molecule has 7 nitrogen and oxygen atoms in total. The highest BCUT2D eigenvalue weighted by Crippen LogP contribution is 2.55. The van der Waals surface area contributed by atoms with E-state index in [1.165, 1.54) is 31.0 Å². The number of nitrogens with one attached hydrogen (secondary N) is 2. The highest BCUT2D eigenvalue weighted by Gasteiger charge is 2.51. The molecule has 1 heterocycles. The normalized spacial score (nSPS) is 28.0. The van der Waals surface area contributed by atoms with Crippen LogP contribution in [-0.2, 0) is 23.1 Å². The fourth-order valence-electron chi connectivity index (χ4n) is 6.23. The zero-order chi connectivity index (χ0) is 22.3. The number of benzene rings is 1. The number of rotatable bonds is 7. The van der Waals surface area contributed by atoms with Gasteiger partial charge in [0.1, 0.15) is 5.82 Å². The third-order valence-corrected chi connectivity index (χ3v) is 8.42. The molecule has 2 aromatic rings. The number of hydrogen-bond donors (Lipinski definition) is 2. The van der Waals surface area contributed by atoms with Gasteiger partial charge >= 0.3 is 0 Å². The van der Waals surface area contributed by atoms with Crippen molar-refractivity contribution in [1.82, 2.24) is 20.1 Å². The second-order valence-electron chi connectivity index (χ2n) is 9.72. The molecule has 0 atom stereocenters. The molecule has 0 spiro atoms. The Morgan fingerprint density at radius 3 is 2.31 bits per heavy atom. The lowest BCUT2D eigenvalue weighted by atomic mass is 9.53. The van der Waals surface area contributed by atoms with Crippen molar-refractivity contribution in [2.24, 2.45) is 24.8 Å². The van der Waals surface area contributed by atoms with Gasteiger partial charge in [0.05, 0.1) is 12.2 Å². The molecule has 4 saturated carbocycles. The SMILES string of the molecule is Cn1c(CC(=O)Nc2ccc(Cl)cc2)nnc1SCC(=O)NC12CC3CC(CC(C3)C1)C2. The Morgan fingerprint density at radius 1 is 1.06 bits per heavy atom. The molecule has 2 amide bonds. The van der Waals surface area contributed by atoms with Crippen molar-refractivity contribution in [2.75, 3.05) is 11.1 Å². The number of carbonyl (C=O) groups is 2. The molecular weight excluding hydrogens is 446 g/mol. The van der Waals surface area contributed by atoms with Gasteiger partial charge < -0.3 is 15.2 Å². The second kappa shape index (κ2) is 8.71. The number of amides is 2. The van der Waals surface area contributed by atoms with Crippen LogP contribution in [0.3, 0.4) is 0 Å². The van der Waals surface area contributed by atoms with Gasteiger partial charge in [-0.05, 0) is 80.5 Å². The van der Waals surface area contributed by atoms with Gasteiger partial charge in [0, 0.05) is 23.3 Å². The molecular formula is C23H28ClN5O2S. The number of thioether (sulfide) groups is 1. The average molecular weight is 474 g/mol. The molecule has 1 aromatic carbocycles. The van der Waals surface area contributed by atoms with Gasteiger partial charge in [-0.1, -0.05) is 23.4 Å². The molecule has 4 aliphatic carbocycles. The summed E-state index contributed by atoms with van der Waals surface area (Å²) < 4.78 is 1.78. The maximum Gasteiger partial charge on any atom is 0.232 e. The van der Waals surface area contributed by atoms with Crippen molar-refractivity contribution in [3.05, 3.63) is 35.1 Å². The molecule has 1 aromatic heterocycles. The first-order chi connectivity index (χ1) is 15.4. The molecule has 0 aliphatic heterocycles. The molecule has 4 aliphatic rings. The Morgan fingerprint density at radius 2 is 1.69 bits per heavy atom. The molecule has 0 saturated heterocycles. The number of aromatic nitrogens is 3. The molecule has 6 rings (SSSR count). The van der Waals surface area contributed by atoms with E-state index in [4.69, 9.17) is 11.6 Å². The Kier molecular flexibility index (Phi) is 5.92. The Balaban J connectivity index is 1.13. The highest BCUT2D eigenvalue weighted by atomic mass is 35.5. The number of carbonyl (C=O) groups excluding carboxylic acids is 2. The smallest absolute Gasteiger partial charge is 0.232 e. The van der Waals surface area contributed by atoms with E-state index < -0.39 is 0 Å². The van der Waals surface area contributed by atoms with E-state index in [2.05, 4.69) is 20.8 Å². The van der Waals surface area contributed by atoms with Crippen LogP contribution >= 0.6 is 23.4 Å². The first-order valence-electron chi connectivity index (χ1n) is 11.2. The first kappa shape index (κ1) is 21.8. The summed E-state index contributed by atoms with van der Waals surface area (Å²) in [5, 5.41) is 15.8. The Bertz CT molecular complexity index is 987. The summed E-state index contributed by atoms with van der Waals surface area (Å²) in [4.78, 5) is 25.1. The summed E-state index contributed by atoms with van der Waals surface area (Å²) in [6.45, 7) is 0. The number of hydrogen-bond acceptors (Lipinski definition) is 5. The molecule has 9 heteroatoms. The predicted octanol–water partition coefficient (Wildman–Crippen LogP) is 3.83. The van der Waals surface area contributed by atoms with Crippen LogP contribution in [0.1, 0.15) is 44.3 Å². The van der Waals surface area contributed by atoms with Crippen molar-refractivity contribution in [3.8, 4) is 0 Å². The lowest BCUT2D eigenvalue weighted by molar-refractivity contribution is -0.124. The zero-order valence-corrected chi connectivity index (χ0v) is 19.7. The van der Waals surface area contributed by atoms with Crippen molar-refractivity contribution >= 4 is 40.9 Å². The van der Waals surface area contributed by atoms with Gasteiger partial charge in [-0.2, -0.15) is 0 Å².